The summed E-state index contributed by atoms with van der Waals surface area (Å²) in [7, 11) is 0. The lowest BCUT2D eigenvalue weighted by Gasteiger charge is -2.24. The number of ether oxygens (including phenoxy) is 1. The molecule has 18 heavy (non-hydrogen) atoms. The van der Waals surface area contributed by atoms with Crippen LogP contribution in [0.25, 0.3) is 0 Å². The van der Waals surface area contributed by atoms with Crippen molar-refractivity contribution in [2.75, 3.05) is 0 Å². The number of benzene rings is 1. The highest BCUT2D eigenvalue weighted by atomic mass is 19.3. The molecule has 0 radical (unpaired) electrons. The summed E-state index contributed by atoms with van der Waals surface area (Å²) in [5.74, 6) is 0.213. The fraction of sp³-hybridized carbons (Fsp3) is 0.462. The molecule has 1 aromatic carbocycles. The van der Waals surface area contributed by atoms with Gasteiger partial charge in [0.25, 0.3) is 0 Å². The molecule has 0 aliphatic carbocycles. The van der Waals surface area contributed by atoms with E-state index in [1.165, 1.54) is 12.1 Å². The SMILES string of the molecule is CC1(Cc2ccc(OC(F)F)cc2)CCC(=O)N1. The number of carbonyl (C=O) groups is 1. The number of hydrogen-bond acceptors (Lipinski definition) is 2. The summed E-state index contributed by atoms with van der Waals surface area (Å²) < 4.78 is 28.2. The summed E-state index contributed by atoms with van der Waals surface area (Å²) in [6.07, 6.45) is 2.03. The third kappa shape index (κ3) is 3.18. The lowest BCUT2D eigenvalue weighted by atomic mass is 9.91. The molecule has 1 aliphatic rings. The Kier molecular flexibility index (Phi) is 3.50. The molecule has 1 aliphatic heterocycles. The highest BCUT2D eigenvalue weighted by Gasteiger charge is 2.32. The topological polar surface area (TPSA) is 38.3 Å². The van der Waals surface area contributed by atoms with Crippen molar-refractivity contribution in [1.29, 1.82) is 0 Å². The molecule has 1 amide bonds. The molecular formula is C13H15F2NO2. The van der Waals surface area contributed by atoms with E-state index in [0.717, 1.165) is 12.0 Å². The average molecular weight is 255 g/mol. The van der Waals surface area contributed by atoms with E-state index in [0.29, 0.717) is 12.8 Å². The molecule has 0 aromatic heterocycles. The van der Waals surface area contributed by atoms with Crippen LogP contribution in [-0.4, -0.2) is 18.1 Å². The zero-order valence-corrected chi connectivity index (χ0v) is 10.1. The molecule has 0 bridgehead atoms. The molecule has 0 saturated carbocycles. The van der Waals surface area contributed by atoms with Crippen molar-refractivity contribution in [3.8, 4) is 5.75 Å². The summed E-state index contributed by atoms with van der Waals surface area (Å²) in [6.45, 7) is -0.816. The minimum atomic E-state index is -2.80. The van der Waals surface area contributed by atoms with Gasteiger partial charge in [0.2, 0.25) is 5.91 Å². The van der Waals surface area contributed by atoms with E-state index in [9.17, 15) is 13.6 Å². The number of nitrogens with one attached hydrogen (secondary N) is 1. The molecule has 1 aromatic rings. The second-order valence-electron chi connectivity index (χ2n) is 4.81. The summed E-state index contributed by atoms with van der Waals surface area (Å²) in [6, 6.07) is 6.52. The summed E-state index contributed by atoms with van der Waals surface area (Å²) >= 11 is 0. The van der Waals surface area contributed by atoms with Gasteiger partial charge in [0, 0.05) is 12.0 Å². The Morgan fingerprint density at radius 2 is 2.06 bits per heavy atom. The van der Waals surface area contributed by atoms with Crippen LogP contribution in [0.2, 0.25) is 0 Å². The van der Waals surface area contributed by atoms with Crippen molar-refractivity contribution >= 4 is 5.91 Å². The maximum atomic E-state index is 12.0. The molecule has 5 heteroatoms. The van der Waals surface area contributed by atoms with Crippen LogP contribution in [0.15, 0.2) is 24.3 Å². The zero-order valence-electron chi connectivity index (χ0n) is 10.1. The van der Waals surface area contributed by atoms with E-state index in [2.05, 4.69) is 10.1 Å². The fourth-order valence-electron chi connectivity index (χ4n) is 2.22. The van der Waals surface area contributed by atoms with Crippen molar-refractivity contribution in [1.82, 2.24) is 5.32 Å². The molecule has 1 fully saturated rings. The molecule has 1 heterocycles. The van der Waals surface area contributed by atoms with Gasteiger partial charge < -0.3 is 10.1 Å². The normalized spacial score (nSPS) is 23.2. The second kappa shape index (κ2) is 4.92. The largest absolute Gasteiger partial charge is 0.435 e. The first-order valence-electron chi connectivity index (χ1n) is 5.82. The van der Waals surface area contributed by atoms with E-state index in [1.807, 2.05) is 6.92 Å². The van der Waals surface area contributed by atoms with Crippen LogP contribution < -0.4 is 10.1 Å². The van der Waals surface area contributed by atoms with Gasteiger partial charge in [-0.1, -0.05) is 12.1 Å². The van der Waals surface area contributed by atoms with E-state index in [1.54, 1.807) is 12.1 Å². The molecule has 1 saturated heterocycles. The summed E-state index contributed by atoms with van der Waals surface area (Å²) in [4.78, 5) is 11.2. The van der Waals surface area contributed by atoms with Crippen LogP contribution in [0.3, 0.4) is 0 Å². The Morgan fingerprint density at radius 3 is 2.56 bits per heavy atom. The molecule has 2 rings (SSSR count). The first-order valence-corrected chi connectivity index (χ1v) is 5.82. The van der Waals surface area contributed by atoms with Gasteiger partial charge in [-0.15, -0.1) is 0 Å². The first-order chi connectivity index (χ1) is 8.47. The molecule has 3 nitrogen and oxygen atoms in total. The van der Waals surface area contributed by atoms with Gasteiger partial charge in [0.05, 0.1) is 0 Å². The number of alkyl halides is 2. The van der Waals surface area contributed by atoms with Crippen LogP contribution in [0.1, 0.15) is 25.3 Å². The number of halogens is 2. The zero-order chi connectivity index (χ0) is 13.2. The molecule has 98 valence electrons. The third-order valence-corrected chi connectivity index (χ3v) is 3.09. The smallest absolute Gasteiger partial charge is 0.387 e. The first kappa shape index (κ1) is 12.8. The van der Waals surface area contributed by atoms with Gasteiger partial charge in [0.1, 0.15) is 5.75 Å². The summed E-state index contributed by atoms with van der Waals surface area (Å²) in [5.41, 5.74) is 0.753. The Labute approximate surface area is 104 Å². The number of rotatable bonds is 4. The van der Waals surface area contributed by atoms with Crippen LogP contribution in [0.5, 0.6) is 5.75 Å². The summed E-state index contributed by atoms with van der Waals surface area (Å²) in [5, 5.41) is 2.94. The van der Waals surface area contributed by atoms with Crippen molar-refractivity contribution in [3.05, 3.63) is 29.8 Å². The van der Waals surface area contributed by atoms with Gasteiger partial charge in [-0.05, 0) is 37.5 Å². The quantitative estimate of drug-likeness (QED) is 0.897. The van der Waals surface area contributed by atoms with Gasteiger partial charge in [0.15, 0.2) is 0 Å². The Balaban J connectivity index is 2.00. The van der Waals surface area contributed by atoms with Crippen molar-refractivity contribution < 1.29 is 18.3 Å². The Morgan fingerprint density at radius 1 is 1.39 bits per heavy atom. The molecular weight excluding hydrogens is 240 g/mol. The van der Waals surface area contributed by atoms with E-state index < -0.39 is 6.61 Å². The van der Waals surface area contributed by atoms with E-state index in [4.69, 9.17) is 0 Å². The van der Waals surface area contributed by atoms with Gasteiger partial charge in [-0.3, -0.25) is 4.79 Å². The van der Waals surface area contributed by atoms with Crippen LogP contribution in [-0.2, 0) is 11.2 Å². The minimum Gasteiger partial charge on any atom is -0.435 e. The molecule has 1 atom stereocenters. The lowest BCUT2D eigenvalue weighted by Crippen LogP contribution is -2.40. The predicted octanol–water partition coefficient (Wildman–Crippen LogP) is 2.50. The van der Waals surface area contributed by atoms with Crippen LogP contribution in [0.4, 0.5) is 8.78 Å². The van der Waals surface area contributed by atoms with Gasteiger partial charge in [-0.2, -0.15) is 8.78 Å². The van der Waals surface area contributed by atoms with E-state index in [-0.39, 0.29) is 17.2 Å². The minimum absolute atomic E-state index is 0.0650. The number of amides is 1. The highest BCUT2D eigenvalue weighted by Crippen LogP contribution is 2.25. The Bertz CT molecular complexity index is 433. The highest BCUT2D eigenvalue weighted by molar-refractivity contribution is 5.79. The van der Waals surface area contributed by atoms with E-state index >= 15 is 0 Å². The van der Waals surface area contributed by atoms with Crippen molar-refractivity contribution in [2.24, 2.45) is 0 Å². The van der Waals surface area contributed by atoms with Crippen molar-refractivity contribution in [2.45, 2.75) is 38.3 Å². The van der Waals surface area contributed by atoms with Crippen molar-refractivity contribution in [3.63, 3.8) is 0 Å². The lowest BCUT2D eigenvalue weighted by molar-refractivity contribution is -0.119. The monoisotopic (exact) mass is 255 g/mol. The van der Waals surface area contributed by atoms with Gasteiger partial charge in [-0.25, -0.2) is 0 Å². The average Bonchev–Trinajstić information content (AvgIpc) is 2.61. The fourth-order valence-corrected chi connectivity index (χ4v) is 2.22. The van der Waals surface area contributed by atoms with Gasteiger partial charge >= 0.3 is 6.61 Å². The molecule has 0 spiro atoms. The second-order valence-corrected chi connectivity index (χ2v) is 4.81. The standard InChI is InChI=1S/C13H15F2NO2/c1-13(7-6-11(17)16-13)8-9-2-4-10(5-3-9)18-12(14)15/h2-5,12H,6-8H2,1H3,(H,16,17). The number of hydrogen-bond donors (Lipinski definition) is 1. The maximum absolute atomic E-state index is 12.0. The van der Waals surface area contributed by atoms with Crippen LogP contribution in [0, 0.1) is 0 Å². The van der Waals surface area contributed by atoms with Crippen LogP contribution >= 0.6 is 0 Å². The molecule has 1 N–H and O–H groups in total. The molecule has 1 unspecified atom stereocenters. The maximum Gasteiger partial charge on any atom is 0.387 e. The Hall–Kier alpha value is -1.65. The predicted molar refractivity (Wildman–Crippen MR) is 62.6 cm³/mol. The number of carbonyl (C=O) groups excluding carboxylic acids is 1. The third-order valence-electron chi connectivity index (χ3n) is 3.09.